The van der Waals surface area contributed by atoms with Gasteiger partial charge in [-0.3, -0.25) is 9.36 Å². The van der Waals surface area contributed by atoms with Gasteiger partial charge < -0.3 is 9.84 Å². The molecular weight excluding hydrogens is 364 g/mol. The Hall–Kier alpha value is -2.68. The lowest BCUT2D eigenvalue weighted by Gasteiger charge is -2.11. The first kappa shape index (κ1) is 19.1. The third-order valence-corrected chi connectivity index (χ3v) is 4.75. The molecule has 1 aromatic carbocycles. The zero-order valence-electron chi connectivity index (χ0n) is 15.9. The van der Waals surface area contributed by atoms with Crippen LogP contribution in [0.1, 0.15) is 51.6 Å². The van der Waals surface area contributed by atoms with Crippen LogP contribution in [0.25, 0.3) is 5.69 Å². The van der Waals surface area contributed by atoms with Crippen molar-refractivity contribution in [3.63, 3.8) is 0 Å². The molecule has 2 aromatic heterocycles. The van der Waals surface area contributed by atoms with Gasteiger partial charge >= 0.3 is 0 Å². The van der Waals surface area contributed by atoms with Gasteiger partial charge in [0.2, 0.25) is 11.8 Å². The highest BCUT2D eigenvalue weighted by Gasteiger charge is 2.24. The van der Waals surface area contributed by atoms with Gasteiger partial charge in [0.25, 0.3) is 0 Å². The number of anilines is 1. The molecular formula is C18H22N6O2S. The van der Waals surface area contributed by atoms with E-state index in [4.69, 9.17) is 4.52 Å². The minimum absolute atomic E-state index is 0.0879. The van der Waals surface area contributed by atoms with Gasteiger partial charge in [-0.1, -0.05) is 43.8 Å². The van der Waals surface area contributed by atoms with Crippen LogP contribution in [-0.2, 0) is 10.2 Å². The van der Waals surface area contributed by atoms with E-state index in [1.165, 1.54) is 18.7 Å². The summed E-state index contributed by atoms with van der Waals surface area (Å²) in [5, 5.41) is 15.7. The largest absolute Gasteiger partial charge is 0.338 e. The zero-order chi connectivity index (χ0) is 19.6. The van der Waals surface area contributed by atoms with Crippen molar-refractivity contribution >= 4 is 23.4 Å². The van der Waals surface area contributed by atoms with Gasteiger partial charge in [0.15, 0.2) is 11.0 Å². The summed E-state index contributed by atoms with van der Waals surface area (Å²) in [6, 6.07) is 7.49. The minimum atomic E-state index is -0.170. The highest BCUT2D eigenvalue weighted by atomic mass is 32.2. The second-order valence-corrected chi connectivity index (χ2v) is 8.49. The summed E-state index contributed by atoms with van der Waals surface area (Å²) >= 11 is 1.47. The summed E-state index contributed by atoms with van der Waals surface area (Å²) in [5.41, 5.74) is 1.39. The fourth-order valence-corrected chi connectivity index (χ4v) is 3.21. The first-order valence-corrected chi connectivity index (χ1v) is 9.41. The summed E-state index contributed by atoms with van der Waals surface area (Å²) in [5.74, 6) is 1.10. The third kappa shape index (κ3) is 4.54. The van der Waals surface area contributed by atoms with E-state index in [2.05, 4.69) is 25.7 Å². The van der Waals surface area contributed by atoms with Crippen LogP contribution in [0.15, 0.2) is 40.3 Å². The van der Waals surface area contributed by atoms with Crippen LogP contribution in [0.3, 0.4) is 0 Å². The molecule has 3 aromatic rings. The van der Waals surface area contributed by atoms with Crippen molar-refractivity contribution < 1.29 is 9.32 Å². The van der Waals surface area contributed by atoms with Crippen LogP contribution in [0, 0.1) is 0 Å². The average Bonchev–Trinajstić information content (AvgIpc) is 3.23. The van der Waals surface area contributed by atoms with Crippen LogP contribution in [-0.4, -0.2) is 30.8 Å². The average molecular weight is 386 g/mol. The topological polar surface area (TPSA) is 98.7 Å². The second kappa shape index (κ2) is 7.51. The van der Waals surface area contributed by atoms with Gasteiger partial charge in [0.05, 0.1) is 10.9 Å². The van der Waals surface area contributed by atoms with Crippen molar-refractivity contribution in [2.75, 3.05) is 5.32 Å². The fourth-order valence-electron chi connectivity index (χ4n) is 2.33. The molecule has 27 heavy (non-hydrogen) atoms. The van der Waals surface area contributed by atoms with Crippen molar-refractivity contribution in [3.8, 4) is 5.69 Å². The molecule has 0 aliphatic carbocycles. The van der Waals surface area contributed by atoms with E-state index in [1.54, 1.807) is 6.33 Å². The number of aromatic nitrogens is 5. The maximum atomic E-state index is 11.3. The minimum Gasteiger partial charge on any atom is -0.338 e. The predicted molar refractivity (Wildman–Crippen MR) is 103 cm³/mol. The standard InChI is InChI=1S/C18H22N6O2S/c1-11(15-21-16(23-26-15)18(3,4)5)27-17-22-19-10-24(17)14-8-6-7-13(9-14)20-12(2)25/h6-11H,1-5H3,(H,20,25)/t11-/m1/s1. The van der Waals surface area contributed by atoms with Crippen LogP contribution in [0.4, 0.5) is 5.69 Å². The number of carbonyl (C=O) groups excluding carboxylic acids is 1. The van der Waals surface area contributed by atoms with E-state index in [1.807, 2.05) is 56.5 Å². The zero-order valence-corrected chi connectivity index (χ0v) is 16.7. The SMILES string of the molecule is CC(=O)Nc1cccc(-n2cnnc2S[C@H](C)c2nc(C(C)(C)C)no2)c1. The molecule has 0 spiro atoms. The van der Waals surface area contributed by atoms with Crippen molar-refractivity contribution in [3.05, 3.63) is 42.3 Å². The molecule has 0 radical (unpaired) electrons. The van der Waals surface area contributed by atoms with Crippen molar-refractivity contribution in [2.45, 2.75) is 50.4 Å². The highest BCUT2D eigenvalue weighted by molar-refractivity contribution is 7.99. The Morgan fingerprint density at radius 3 is 2.78 bits per heavy atom. The van der Waals surface area contributed by atoms with Crippen molar-refractivity contribution in [1.29, 1.82) is 0 Å². The molecule has 8 nitrogen and oxygen atoms in total. The maximum absolute atomic E-state index is 11.3. The lowest BCUT2D eigenvalue weighted by molar-refractivity contribution is -0.114. The molecule has 1 N–H and O–H groups in total. The number of rotatable bonds is 5. The molecule has 0 aliphatic heterocycles. The summed E-state index contributed by atoms with van der Waals surface area (Å²) in [6.07, 6.45) is 1.64. The Balaban J connectivity index is 1.81. The Morgan fingerprint density at radius 2 is 2.11 bits per heavy atom. The van der Waals surface area contributed by atoms with E-state index >= 15 is 0 Å². The quantitative estimate of drug-likeness (QED) is 0.667. The Morgan fingerprint density at radius 1 is 1.33 bits per heavy atom. The number of benzene rings is 1. The second-order valence-electron chi connectivity index (χ2n) is 7.18. The number of hydrogen-bond donors (Lipinski definition) is 1. The lowest BCUT2D eigenvalue weighted by atomic mass is 9.96. The van der Waals surface area contributed by atoms with Crippen LogP contribution in [0.2, 0.25) is 0 Å². The summed E-state index contributed by atoms with van der Waals surface area (Å²) in [6.45, 7) is 9.58. The number of nitrogens with zero attached hydrogens (tertiary/aromatic N) is 5. The van der Waals surface area contributed by atoms with E-state index in [0.717, 1.165) is 5.69 Å². The first-order chi connectivity index (χ1) is 12.7. The number of hydrogen-bond acceptors (Lipinski definition) is 7. The van der Waals surface area contributed by atoms with Crippen LogP contribution >= 0.6 is 11.8 Å². The Bertz CT molecular complexity index is 943. The molecule has 3 rings (SSSR count). The van der Waals surface area contributed by atoms with Gasteiger partial charge in [-0.05, 0) is 25.1 Å². The molecule has 0 aliphatic rings. The number of carbonyl (C=O) groups is 1. The summed E-state index contributed by atoms with van der Waals surface area (Å²) in [4.78, 5) is 15.8. The van der Waals surface area contributed by atoms with E-state index in [0.29, 0.717) is 22.6 Å². The van der Waals surface area contributed by atoms with Crippen molar-refractivity contribution in [1.82, 2.24) is 24.9 Å². The molecule has 142 valence electrons. The first-order valence-electron chi connectivity index (χ1n) is 8.53. The van der Waals surface area contributed by atoms with Crippen LogP contribution in [0.5, 0.6) is 0 Å². The monoisotopic (exact) mass is 386 g/mol. The number of thioether (sulfide) groups is 1. The van der Waals surface area contributed by atoms with Crippen LogP contribution < -0.4 is 5.32 Å². The molecule has 1 amide bonds. The molecule has 0 saturated carbocycles. The molecule has 9 heteroatoms. The smallest absolute Gasteiger partial charge is 0.239 e. The molecule has 0 bridgehead atoms. The highest BCUT2D eigenvalue weighted by Crippen LogP contribution is 2.34. The van der Waals surface area contributed by atoms with Gasteiger partial charge in [-0.15, -0.1) is 10.2 Å². The van der Waals surface area contributed by atoms with Crippen molar-refractivity contribution in [2.24, 2.45) is 0 Å². The third-order valence-electron chi connectivity index (χ3n) is 3.70. The Kier molecular flexibility index (Phi) is 5.31. The maximum Gasteiger partial charge on any atom is 0.239 e. The van der Waals surface area contributed by atoms with E-state index in [-0.39, 0.29) is 16.6 Å². The van der Waals surface area contributed by atoms with Gasteiger partial charge in [0, 0.05) is 18.0 Å². The lowest BCUT2D eigenvalue weighted by Crippen LogP contribution is -2.13. The van der Waals surface area contributed by atoms with E-state index in [9.17, 15) is 4.79 Å². The predicted octanol–water partition coefficient (Wildman–Crippen LogP) is 3.76. The molecule has 1 atom stereocenters. The molecule has 0 fully saturated rings. The van der Waals surface area contributed by atoms with Gasteiger partial charge in [-0.2, -0.15) is 4.98 Å². The fraction of sp³-hybridized carbons (Fsp3) is 0.389. The Labute approximate surface area is 161 Å². The van der Waals surface area contributed by atoms with Gasteiger partial charge in [0.1, 0.15) is 6.33 Å². The molecule has 0 unspecified atom stereocenters. The summed E-state index contributed by atoms with van der Waals surface area (Å²) < 4.78 is 7.28. The number of amides is 1. The van der Waals surface area contributed by atoms with Gasteiger partial charge in [-0.25, -0.2) is 0 Å². The molecule has 0 saturated heterocycles. The molecule has 2 heterocycles. The normalized spacial score (nSPS) is 12.8. The summed E-state index contributed by atoms with van der Waals surface area (Å²) in [7, 11) is 0. The van der Waals surface area contributed by atoms with E-state index < -0.39 is 0 Å². The number of nitrogens with one attached hydrogen (secondary N) is 1.